The molecule has 1 atom stereocenters. The molecule has 1 amide bonds. The summed E-state index contributed by atoms with van der Waals surface area (Å²) in [5.74, 6) is 2.56. The molecule has 0 saturated carbocycles. The number of hydrogen-bond donors (Lipinski definition) is 1. The first kappa shape index (κ1) is 22.0. The molecule has 1 aromatic heterocycles. The van der Waals surface area contributed by atoms with Crippen molar-refractivity contribution in [3.63, 3.8) is 0 Å². The van der Waals surface area contributed by atoms with Gasteiger partial charge >= 0.3 is 0 Å². The Balaban J connectivity index is 1.30. The van der Waals surface area contributed by atoms with Gasteiger partial charge in [-0.25, -0.2) is 0 Å². The van der Waals surface area contributed by atoms with Crippen LogP contribution in [0.1, 0.15) is 41.6 Å². The lowest BCUT2D eigenvalue weighted by Crippen LogP contribution is -2.33. The van der Waals surface area contributed by atoms with Crippen LogP contribution in [0.3, 0.4) is 0 Å². The molecule has 6 nitrogen and oxygen atoms in total. The van der Waals surface area contributed by atoms with Crippen LogP contribution in [0.4, 0.5) is 5.69 Å². The molecule has 168 valence electrons. The van der Waals surface area contributed by atoms with Gasteiger partial charge in [-0.1, -0.05) is 31.2 Å². The van der Waals surface area contributed by atoms with Gasteiger partial charge in [0.25, 0.3) is 5.91 Å². The van der Waals surface area contributed by atoms with Crippen LogP contribution in [0.25, 0.3) is 0 Å². The number of furan rings is 1. The SMILES string of the molecule is COc1ccccc1OCc1ccc(C(=O)Nc2ccc(CN3CCCC(C)C3)cc2)o1. The van der Waals surface area contributed by atoms with Crippen LogP contribution in [0, 0.1) is 5.92 Å². The third-order valence-corrected chi connectivity index (χ3v) is 5.68. The van der Waals surface area contributed by atoms with Crippen LogP contribution in [0.5, 0.6) is 11.5 Å². The van der Waals surface area contributed by atoms with Crippen LogP contribution in [-0.4, -0.2) is 31.0 Å². The Morgan fingerprint density at radius 1 is 1.09 bits per heavy atom. The molecule has 1 aliphatic heterocycles. The number of para-hydroxylation sites is 2. The van der Waals surface area contributed by atoms with E-state index in [2.05, 4.69) is 29.3 Å². The standard InChI is InChI=1S/C26H30N2O4/c1-19-6-5-15-28(16-19)17-20-9-11-21(12-10-20)27-26(29)25-14-13-22(32-25)18-31-24-8-4-3-7-23(24)30-2/h3-4,7-14,19H,5-6,15-18H2,1-2H3,(H,27,29). The van der Waals surface area contributed by atoms with Crippen molar-refractivity contribution >= 4 is 11.6 Å². The molecule has 2 heterocycles. The van der Waals surface area contributed by atoms with Gasteiger partial charge in [-0.3, -0.25) is 9.69 Å². The highest BCUT2D eigenvalue weighted by molar-refractivity contribution is 6.02. The summed E-state index contributed by atoms with van der Waals surface area (Å²) in [4.78, 5) is 15.1. The topological polar surface area (TPSA) is 63.9 Å². The van der Waals surface area contributed by atoms with E-state index in [9.17, 15) is 4.79 Å². The van der Waals surface area contributed by atoms with Gasteiger partial charge in [-0.05, 0) is 67.3 Å². The molecule has 1 unspecified atom stereocenters. The quantitative estimate of drug-likeness (QED) is 0.518. The fourth-order valence-electron chi connectivity index (χ4n) is 4.04. The fraction of sp³-hybridized carbons (Fsp3) is 0.346. The molecule has 0 radical (unpaired) electrons. The number of methoxy groups -OCH3 is 1. The molecule has 1 aliphatic rings. The van der Waals surface area contributed by atoms with Gasteiger partial charge in [0, 0.05) is 18.8 Å². The van der Waals surface area contributed by atoms with Crippen LogP contribution in [0.2, 0.25) is 0 Å². The van der Waals surface area contributed by atoms with E-state index in [-0.39, 0.29) is 18.3 Å². The van der Waals surface area contributed by atoms with Gasteiger partial charge in [0.1, 0.15) is 12.4 Å². The predicted molar refractivity (Wildman–Crippen MR) is 124 cm³/mol. The third kappa shape index (κ3) is 5.71. The van der Waals surface area contributed by atoms with E-state index in [4.69, 9.17) is 13.9 Å². The fourth-order valence-corrected chi connectivity index (χ4v) is 4.04. The van der Waals surface area contributed by atoms with Crippen molar-refractivity contribution < 1.29 is 18.7 Å². The number of ether oxygens (including phenoxy) is 2. The second kappa shape index (κ2) is 10.4. The monoisotopic (exact) mass is 434 g/mol. The average molecular weight is 435 g/mol. The van der Waals surface area contributed by atoms with Gasteiger partial charge in [-0.15, -0.1) is 0 Å². The first-order chi connectivity index (χ1) is 15.6. The van der Waals surface area contributed by atoms with E-state index in [0.29, 0.717) is 17.3 Å². The number of amides is 1. The molecule has 0 aliphatic carbocycles. The Morgan fingerprint density at radius 2 is 1.88 bits per heavy atom. The molecule has 6 heteroatoms. The van der Waals surface area contributed by atoms with Crippen molar-refractivity contribution in [3.05, 3.63) is 77.7 Å². The number of hydrogen-bond acceptors (Lipinski definition) is 5. The van der Waals surface area contributed by atoms with Crippen molar-refractivity contribution in [2.24, 2.45) is 5.92 Å². The Morgan fingerprint density at radius 3 is 2.62 bits per heavy atom. The average Bonchev–Trinajstić information content (AvgIpc) is 3.28. The molecular formula is C26H30N2O4. The summed E-state index contributed by atoms with van der Waals surface area (Å²) >= 11 is 0. The largest absolute Gasteiger partial charge is 0.493 e. The molecule has 1 N–H and O–H groups in total. The Labute approximate surface area is 189 Å². The van der Waals surface area contributed by atoms with E-state index < -0.39 is 0 Å². The van der Waals surface area contributed by atoms with Crippen molar-refractivity contribution in [2.75, 3.05) is 25.5 Å². The lowest BCUT2D eigenvalue weighted by molar-refractivity contribution is 0.0992. The number of likely N-dealkylation sites (tertiary alicyclic amines) is 1. The predicted octanol–water partition coefficient (Wildman–Crippen LogP) is 5.35. The summed E-state index contributed by atoms with van der Waals surface area (Å²) in [5, 5.41) is 2.89. The molecular weight excluding hydrogens is 404 g/mol. The first-order valence-electron chi connectivity index (χ1n) is 11.1. The second-order valence-corrected chi connectivity index (χ2v) is 8.34. The number of benzene rings is 2. The van der Waals surface area contributed by atoms with E-state index in [1.807, 2.05) is 36.4 Å². The van der Waals surface area contributed by atoms with Crippen LogP contribution >= 0.6 is 0 Å². The summed E-state index contributed by atoms with van der Waals surface area (Å²) in [5.41, 5.74) is 2.00. The van der Waals surface area contributed by atoms with Gasteiger partial charge in [-0.2, -0.15) is 0 Å². The normalized spacial score (nSPS) is 16.5. The summed E-state index contributed by atoms with van der Waals surface area (Å²) in [6.07, 6.45) is 2.59. The highest BCUT2D eigenvalue weighted by Gasteiger charge is 2.16. The summed E-state index contributed by atoms with van der Waals surface area (Å²) in [6, 6.07) is 18.8. The Bertz CT molecular complexity index is 1030. The number of piperidine rings is 1. The number of nitrogens with zero attached hydrogens (tertiary/aromatic N) is 1. The molecule has 3 aromatic rings. The molecule has 1 saturated heterocycles. The zero-order valence-corrected chi connectivity index (χ0v) is 18.7. The van der Waals surface area contributed by atoms with Crippen molar-refractivity contribution in [2.45, 2.75) is 32.9 Å². The van der Waals surface area contributed by atoms with Crippen LogP contribution in [0.15, 0.2) is 65.1 Å². The summed E-state index contributed by atoms with van der Waals surface area (Å²) < 4.78 is 16.7. The van der Waals surface area contributed by atoms with Gasteiger partial charge in [0.2, 0.25) is 0 Å². The maximum atomic E-state index is 12.6. The number of carbonyl (C=O) groups excluding carboxylic acids is 1. The van der Waals surface area contributed by atoms with E-state index in [1.54, 1.807) is 19.2 Å². The van der Waals surface area contributed by atoms with E-state index >= 15 is 0 Å². The van der Waals surface area contributed by atoms with Gasteiger partial charge in [0.05, 0.1) is 7.11 Å². The molecule has 1 fully saturated rings. The highest BCUT2D eigenvalue weighted by Crippen LogP contribution is 2.27. The zero-order valence-electron chi connectivity index (χ0n) is 18.7. The minimum atomic E-state index is -0.286. The van der Waals surface area contributed by atoms with E-state index in [0.717, 1.165) is 31.2 Å². The van der Waals surface area contributed by atoms with Gasteiger partial charge < -0.3 is 19.2 Å². The third-order valence-electron chi connectivity index (χ3n) is 5.68. The lowest BCUT2D eigenvalue weighted by atomic mass is 10.00. The minimum absolute atomic E-state index is 0.206. The zero-order chi connectivity index (χ0) is 22.3. The molecule has 0 spiro atoms. The lowest BCUT2D eigenvalue weighted by Gasteiger charge is -2.30. The minimum Gasteiger partial charge on any atom is -0.493 e. The first-order valence-corrected chi connectivity index (χ1v) is 11.1. The number of carbonyl (C=O) groups is 1. The second-order valence-electron chi connectivity index (χ2n) is 8.34. The Hall–Kier alpha value is -3.25. The van der Waals surface area contributed by atoms with Crippen LogP contribution in [-0.2, 0) is 13.2 Å². The molecule has 0 bridgehead atoms. The maximum absolute atomic E-state index is 12.6. The number of nitrogens with one attached hydrogen (secondary N) is 1. The summed E-state index contributed by atoms with van der Waals surface area (Å²) in [6.45, 7) is 5.78. The summed E-state index contributed by atoms with van der Waals surface area (Å²) in [7, 11) is 1.60. The Kier molecular flexibility index (Phi) is 7.12. The highest BCUT2D eigenvalue weighted by atomic mass is 16.5. The van der Waals surface area contributed by atoms with Crippen molar-refractivity contribution in [1.82, 2.24) is 4.90 Å². The molecule has 32 heavy (non-hydrogen) atoms. The molecule has 4 rings (SSSR count). The van der Waals surface area contributed by atoms with E-state index in [1.165, 1.54) is 18.4 Å². The number of rotatable bonds is 8. The van der Waals surface area contributed by atoms with Crippen molar-refractivity contribution in [3.8, 4) is 11.5 Å². The van der Waals surface area contributed by atoms with Crippen LogP contribution < -0.4 is 14.8 Å². The maximum Gasteiger partial charge on any atom is 0.291 e. The van der Waals surface area contributed by atoms with Crippen molar-refractivity contribution in [1.29, 1.82) is 0 Å². The number of anilines is 1. The smallest absolute Gasteiger partial charge is 0.291 e. The van der Waals surface area contributed by atoms with Gasteiger partial charge in [0.15, 0.2) is 17.3 Å². The molecule has 2 aromatic carbocycles.